The van der Waals surface area contributed by atoms with E-state index in [1.54, 1.807) is 20.8 Å². The predicted molar refractivity (Wildman–Crippen MR) is 76.6 cm³/mol. The predicted octanol–water partition coefficient (Wildman–Crippen LogP) is 3.59. The van der Waals surface area contributed by atoms with Gasteiger partial charge in [-0.3, -0.25) is 0 Å². The van der Waals surface area contributed by atoms with Gasteiger partial charge in [0.25, 0.3) is 0 Å². The Morgan fingerprint density at radius 1 is 0.727 bits per heavy atom. The van der Waals surface area contributed by atoms with Crippen LogP contribution >= 0.6 is 0 Å². The molecule has 0 unspecified atom stereocenters. The molecule has 0 rings (SSSR count). The number of Topliss-reactive ketones (excluding diaryl/α,β-unsaturated/α-hetero) is 3. The van der Waals surface area contributed by atoms with E-state index in [0.29, 0.717) is 19.3 Å². The van der Waals surface area contributed by atoms with Crippen LogP contribution < -0.4 is 0 Å². The first-order chi connectivity index (χ1) is 9.75. The quantitative estimate of drug-likeness (QED) is 0.854. The van der Waals surface area contributed by atoms with Crippen molar-refractivity contribution < 1.29 is 37.5 Å². The van der Waals surface area contributed by atoms with Gasteiger partial charge in [-0.1, -0.05) is 20.8 Å². The number of aliphatic carboxylic acids is 1. The van der Waals surface area contributed by atoms with Crippen LogP contribution in [-0.2, 0) is 19.2 Å². The second-order valence-corrected chi connectivity index (χ2v) is 3.97. The number of carboxylic acid groups (broad SMARTS) is 1. The average molecular weight is 330 g/mol. The topological polar surface area (TPSA) is 88.5 Å². The summed E-state index contributed by atoms with van der Waals surface area (Å²) < 4.78 is 31.7. The van der Waals surface area contributed by atoms with Crippen molar-refractivity contribution in [3.8, 4) is 0 Å². The number of carbonyl (C=O) groups is 4. The zero-order valence-corrected chi connectivity index (χ0v) is 13.8. The molecule has 0 saturated carbocycles. The molecule has 0 aromatic heterocycles. The maximum Gasteiger partial charge on any atom is 0.490 e. The number of carboxylic acids is 1. The van der Waals surface area contributed by atoms with E-state index in [1.165, 1.54) is 0 Å². The molecule has 8 heteroatoms. The minimum absolute atomic E-state index is 0.255. The molecule has 132 valence electrons. The molecule has 5 nitrogen and oxygen atoms in total. The number of rotatable bonds is 3. The zero-order valence-electron chi connectivity index (χ0n) is 13.8. The molecule has 0 radical (unpaired) electrons. The Labute approximate surface area is 128 Å². The van der Waals surface area contributed by atoms with Gasteiger partial charge in [-0.15, -0.1) is 0 Å². The van der Waals surface area contributed by atoms with E-state index in [1.807, 2.05) is 20.8 Å². The Hall–Kier alpha value is -1.73. The summed E-state index contributed by atoms with van der Waals surface area (Å²) in [5, 5.41) is 7.12. The lowest BCUT2D eigenvalue weighted by molar-refractivity contribution is -0.192. The Kier molecular flexibility index (Phi) is 22.4. The third-order valence-corrected chi connectivity index (χ3v) is 1.74. The molecule has 0 saturated heterocycles. The van der Waals surface area contributed by atoms with Gasteiger partial charge in [-0.05, 0) is 20.8 Å². The van der Waals surface area contributed by atoms with Crippen LogP contribution in [0.3, 0.4) is 0 Å². The lowest BCUT2D eigenvalue weighted by Crippen LogP contribution is -2.21. The molecule has 0 aliphatic carbocycles. The van der Waals surface area contributed by atoms with Gasteiger partial charge >= 0.3 is 12.1 Å². The van der Waals surface area contributed by atoms with Crippen molar-refractivity contribution >= 4 is 23.3 Å². The van der Waals surface area contributed by atoms with Gasteiger partial charge in [0.1, 0.15) is 17.3 Å². The van der Waals surface area contributed by atoms with Crippen molar-refractivity contribution in [3.05, 3.63) is 0 Å². The monoisotopic (exact) mass is 330 g/mol. The maximum absolute atomic E-state index is 10.6. The minimum atomic E-state index is -5.08. The fourth-order valence-electron chi connectivity index (χ4n) is 0. The second-order valence-electron chi connectivity index (χ2n) is 3.97. The minimum Gasteiger partial charge on any atom is -0.475 e. The van der Waals surface area contributed by atoms with Crippen molar-refractivity contribution in [2.24, 2.45) is 0 Å². The first kappa shape index (κ1) is 28.4. The molecule has 22 heavy (non-hydrogen) atoms. The summed E-state index contributed by atoms with van der Waals surface area (Å²) in [6.45, 7) is 10.3. The zero-order chi connectivity index (χ0) is 18.9. The Balaban J connectivity index is -0.0000000995. The van der Waals surface area contributed by atoms with Crippen molar-refractivity contribution in [1.29, 1.82) is 0 Å². The van der Waals surface area contributed by atoms with Crippen molar-refractivity contribution in [1.82, 2.24) is 0 Å². The maximum atomic E-state index is 10.6. The van der Waals surface area contributed by atoms with Gasteiger partial charge < -0.3 is 19.5 Å². The Bertz CT molecular complexity index is 303. The van der Waals surface area contributed by atoms with E-state index in [2.05, 4.69) is 0 Å². The van der Waals surface area contributed by atoms with Crippen LogP contribution in [0.25, 0.3) is 0 Å². The van der Waals surface area contributed by atoms with Gasteiger partial charge in [0.15, 0.2) is 0 Å². The highest BCUT2D eigenvalue weighted by Crippen LogP contribution is 2.13. The van der Waals surface area contributed by atoms with Crippen LogP contribution in [0.15, 0.2) is 0 Å². The summed E-state index contributed by atoms with van der Waals surface area (Å²) in [6.07, 6.45) is -3.08. The standard InChI is InChI=1S/3C4H8O.C2HF3O2/c3*1-3-4(2)5;3-2(4,5)1(6)7/h3*3H2,1-2H3;(H,6,7). The van der Waals surface area contributed by atoms with Crippen molar-refractivity contribution in [2.45, 2.75) is 67.0 Å². The average Bonchev–Trinajstić information content (AvgIpc) is 2.39. The van der Waals surface area contributed by atoms with Gasteiger partial charge in [0, 0.05) is 19.3 Å². The molecule has 0 fully saturated rings. The van der Waals surface area contributed by atoms with E-state index >= 15 is 0 Å². The van der Waals surface area contributed by atoms with Gasteiger partial charge in [0.05, 0.1) is 0 Å². The number of hydrogen-bond acceptors (Lipinski definition) is 4. The molecule has 0 aliphatic heterocycles. The number of ketones is 3. The molecule has 0 aromatic carbocycles. The number of hydrogen-bond donors (Lipinski definition) is 1. The molecular weight excluding hydrogens is 305 g/mol. The van der Waals surface area contributed by atoms with E-state index in [9.17, 15) is 27.6 Å². The summed E-state index contributed by atoms with van der Waals surface area (Å²) in [4.78, 5) is 38.3. The normalized spacial score (nSPS) is 8.77. The molecule has 0 spiro atoms. The SMILES string of the molecule is CCC(C)=O.CCC(C)=O.CCC(C)=O.O=C(O)C(F)(F)F. The molecular formula is C14H25F3O5. The summed E-state index contributed by atoms with van der Waals surface area (Å²) in [5.41, 5.74) is 0. The molecule has 1 N–H and O–H groups in total. The van der Waals surface area contributed by atoms with Crippen LogP contribution in [0, 0.1) is 0 Å². The molecule has 0 heterocycles. The van der Waals surface area contributed by atoms with Crippen LogP contribution in [0.2, 0.25) is 0 Å². The van der Waals surface area contributed by atoms with Gasteiger partial charge in [-0.25, -0.2) is 4.79 Å². The lowest BCUT2D eigenvalue weighted by atomic mass is 10.4. The first-order valence-electron chi connectivity index (χ1n) is 6.54. The molecule has 0 aromatic rings. The number of halogens is 3. The number of alkyl halides is 3. The van der Waals surface area contributed by atoms with Gasteiger partial charge in [-0.2, -0.15) is 13.2 Å². The highest BCUT2D eigenvalue weighted by Gasteiger charge is 2.38. The fraction of sp³-hybridized carbons (Fsp3) is 0.714. The summed E-state index contributed by atoms with van der Waals surface area (Å²) in [7, 11) is 0. The summed E-state index contributed by atoms with van der Waals surface area (Å²) in [5.74, 6) is -1.99. The van der Waals surface area contributed by atoms with Crippen molar-refractivity contribution in [3.63, 3.8) is 0 Å². The third kappa shape index (κ3) is 51.7. The van der Waals surface area contributed by atoms with Crippen molar-refractivity contribution in [2.75, 3.05) is 0 Å². The van der Waals surface area contributed by atoms with E-state index in [4.69, 9.17) is 9.90 Å². The molecule has 0 aliphatic rings. The first-order valence-corrected chi connectivity index (χ1v) is 6.54. The highest BCUT2D eigenvalue weighted by atomic mass is 19.4. The van der Waals surface area contributed by atoms with Gasteiger partial charge in [0.2, 0.25) is 0 Å². The van der Waals surface area contributed by atoms with E-state index < -0.39 is 12.1 Å². The molecule has 0 amide bonds. The Morgan fingerprint density at radius 3 is 0.818 bits per heavy atom. The second kappa shape index (κ2) is 17.3. The molecule has 0 bridgehead atoms. The van der Waals surface area contributed by atoms with Crippen LogP contribution in [-0.4, -0.2) is 34.6 Å². The molecule has 0 atom stereocenters. The third-order valence-electron chi connectivity index (χ3n) is 1.74. The highest BCUT2D eigenvalue weighted by molar-refractivity contribution is 5.75. The fourth-order valence-corrected chi connectivity index (χ4v) is 0. The number of carbonyl (C=O) groups excluding carboxylic acids is 3. The van der Waals surface area contributed by atoms with Crippen LogP contribution in [0.4, 0.5) is 13.2 Å². The largest absolute Gasteiger partial charge is 0.490 e. The Morgan fingerprint density at radius 2 is 0.818 bits per heavy atom. The lowest BCUT2D eigenvalue weighted by Gasteiger charge is -1.93. The van der Waals surface area contributed by atoms with Crippen LogP contribution in [0.5, 0.6) is 0 Å². The van der Waals surface area contributed by atoms with E-state index in [0.717, 1.165) is 0 Å². The smallest absolute Gasteiger partial charge is 0.475 e. The summed E-state index contributed by atoms with van der Waals surface area (Å²) in [6, 6.07) is 0. The van der Waals surface area contributed by atoms with E-state index in [-0.39, 0.29) is 17.3 Å². The summed E-state index contributed by atoms with van der Waals surface area (Å²) >= 11 is 0. The van der Waals surface area contributed by atoms with Crippen LogP contribution in [0.1, 0.15) is 60.8 Å².